The number of ether oxygens (including phenoxy) is 3. The fraction of sp³-hybridized carbons (Fsp3) is 0.444. The lowest BCUT2D eigenvalue weighted by Crippen LogP contribution is -2.51. The molecule has 1 aliphatic carbocycles. The zero-order valence-electron chi connectivity index (χ0n) is 18.9. The number of fused-ring (bicyclic) bond motifs is 1. The van der Waals surface area contributed by atoms with Gasteiger partial charge < -0.3 is 19.2 Å². The van der Waals surface area contributed by atoms with Crippen molar-refractivity contribution in [3.8, 4) is 5.75 Å². The first-order valence-corrected chi connectivity index (χ1v) is 10.2. The first-order valence-electron chi connectivity index (χ1n) is 10.2. The molecule has 0 amide bonds. The molecular formula is C18H19F5N2O5S. The number of H-pyrrole nitrogens is 1. The summed E-state index contributed by atoms with van der Waals surface area (Å²) < 4.78 is 132. The van der Waals surface area contributed by atoms with Gasteiger partial charge in [0.1, 0.15) is 4.90 Å². The summed E-state index contributed by atoms with van der Waals surface area (Å²) in [6.07, 6.45) is -6.52. The third-order valence-electron chi connectivity index (χ3n) is 4.88. The van der Waals surface area contributed by atoms with E-state index in [-0.39, 0.29) is 18.1 Å². The Bertz CT molecular complexity index is 1170. The largest absolute Gasteiger partial charge is 0.464 e. The molecule has 13 heteroatoms. The average molecular weight is 473 g/mol. The molecule has 0 saturated carbocycles. The number of aromatic nitrogens is 1. The highest BCUT2D eigenvalue weighted by Gasteiger charge is 2.57. The van der Waals surface area contributed by atoms with Crippen molar-refractivity contribution in [2.45, 2.75) is 35.9 Å². The third-order valence-corrected chi connectivity index (χ3v) is 6.31. The summed E-state index contributed by atoms with van der Waals surface area (Å²) in [4.78, 5) is 1.91. The van der Waals surface area contributed by atoms with Gasteiger partial charge in [0.2, 0.25) is 0 Å². The van der Waals surface area contributed by atoms with E-state index in [9.17, 15) is 30.4 Å². The Morgan fingerprint density at radius 3 is 2.68 bits per heavy atom. The molecule has 0 fully saturated rings. The van der Waals surface area contributed by atoms with Gasteiger partial charge in [0, 0.05) is 44.6 Å². The number of halogens is 5. The fourth-order valence-corrected chi connectivity index (χ4v) is 4.59. The van der Waals surface area contributed by atoms with Crippen LogP contribution in [-0.4, -0.2) is 46.1 Å². The van der Waals surface area contributed by atoms with Gasteiger partial charge in [-0.05, 0) is 18.4 Å². The first-order chi connectivity index (χ1) is 15.6. The molecule has 0 bridgehead atoms. The number of benzene rings is 1. The lowest BCUT2D eigenvalue weighted by Gasteiger charge is -2.37. The van der Waals surface area contributed by atoms with Gasteiger partial charge in [-0.1, -0.05) is 0 Å². The van der Waals surface area contributed by atoms with E-state index in [1.807, 2.05) is 4.72 Å². The smallest absolute Gasteiger partial charge is 0.417 e. The maximum absolute atomic E-state index is 14.3. The summed E-state index contributed by atoms with van der Waals surface area (Å²) in [5, 5.41) is 0. The number of anilines is 1. The first kappa shape index (κ1) is 19.3. The van der Waals surface area contributed by atoms with Crippen molar-refractivity contribution in [3.05, 3.63) is 41.2 Å². The quantitative estimate of drug-likeness (QED) is 0.475. The second kappa shape index (κ2) is 8.28. The van der Waals surface area contributed by atoms with Gasteiger partial charge in [0.25, 0.3) is 10.0 Å². The SMILES string of the molecule is [2H]C([2H])([2H])O[C@@]1(C(F)(F)F)CCc2c(S(=O)(=O)Nc3cc(F)c(OCOC)cc3F)c[nH]c2C1. The van der Waals surface area contributed by atoms with Gasteiger partial charge in [0.15, 0.2) is 29.8 Å². The highest BCUT2D eigenvalue weighted by molar-refractivity contribution is 7.92. The Morgan fingerprint density at radius 2 is 2.03 bits per heavy atom. The summed E-state index contributed by atoms with van der Waals surface area (Å²) in [5.74, 6) is -2.80. The average Bonchev–Trinajstić information content (AvgIpc) is 3.11. The normalized spacial score (nSPS) is 21.0. The third kappa shape index (κ3) is 4.34. The Morgan fingerprint density at radius 1 is 1.29 bits per heavy atom. The molecule has 0 aliphatic heterocycles. The van der Waals surface area contributed by atoms with Crippen LogP contribution in [0.4, 0.5) is 27.6 Å². The summed E-state index contributed by atoms with van der Waals surface area (Å²) in [7, 11) is -6.67. The molecule has 3 rings (SSSR count). The van der Waals surface area contributed by atoms with E-state index in [0.29, 0.717) is 12.1 Å². The van der Waals surface area contributed by atoms with Crippen molar-refractivity contribution in [1.29, 1.82) is 0 Å². The van der Waals surface area contributed by atoms with Crippen LogP contribution in [0.2, 0.25) is 0 Å². The molecule has 172 valence electrons. The number of sulfonamides is 1. The molecular weight excluding hydrogens is 451 g/mol. The van der Waals surface area contributed by atoms with E-state index in [0.717, 1.165) is 6.20 Å². The van der Waals surface area contributed by atoms with Gasteiger partial charge in [0.05, 0.1) is 9.80 Å². The molecule has 1 aromatic carbocycles. The van der Waals surface area contributed by atoms with Crippen LogP contribution in [-0.2, 0) is 32.3 Å². The lowest BCUT2D eigenvalue weighted by molar-refractivity contribution is -0.273. The minimum absolute atomic E-state index is 0.0533. The van der Waals surface area contributed by atoms with Crippen LogP contribution >= 0.6 is 0 Å². The van der Waals surface area contributed by atoms with Gasteiger partial charge in [-0.2, -0.15) is 13.2 Å². The van der Waals surface area contributed by atoms with Crippen LogP contribution in [0.25, 0.3) is 0 Å². The van der Waals surface area contributed by atoms with Crippen LogP contribution in [0.3, 0.4) is 0 Å². The second-order valence-electron chi connectivity index (χ2n) is 6.80. The zero-order valence-corrected chi connectivity index (χ0v) is 16.7. The number of alkyl halides is 3. The zero-order chi connectivity index (χ0) is 25.5. The summed E-state index contributed by atoms with van der Waals surface area (Å²) >= 11 is 0. The molecule has 1 aliphatic rings. The number of rotatable bonds is 7. The van der Waals surface area contributed by atoms with Gasteiger partial charge in [-0.3, -0.25) is 4.72 Å². The molecule has 1 heterocycles. The monoisotopic (exact) mass is 473 g/mol. The number of nitrogens with one attached hydrogen (secondary N) is 2. The molecule has 1 aromatic heterocycles. The highest BCUT2D eigenvalue weighted by Crippen LogP contribution is 2.44. The number of aromatic amines is 1. The molecule has 0 spiro atoms. The van der Waals surface area contributed by atoms with Crippen molar-refractivity contribution in [3.63, 3.8) is 0 Å². The number of hydrogen-bond donors (Lipinski definition) is 2. The second-order valence-corrected chi connectivity index (χ2v) is 8.45. The lowest BCUT2D eigenvalue weighted by atomic mass is 9.83. The summed E-state index contributed by atoms with van der Waals surface area (Å²) in [5.41, 5.74) is -4.08. The summed E-state index contributed by atoms with van der Waals surface area (Å²) in [6.45, 7) is -0.387. The molecule has 31 heavy (non-hydrogen) atoms. The molecule has 2 aromatic rings. The highest BCUT2D eigenvalue weighted by atomic mass is 32.2. The van der Waals surface area contributed by atoms with E-state index in [1.165, 1.54) is 7.11 Å². The van der Waals surface area contributed by atoms with Crippen LogP contribution in [0.5, 0.6) is 5.75 Å². The van der Waals surface area contributed by atoms with E-state index in [4.69, 9.17) is 8.85 Å². The van der Waals surface area contributed by atoms with Gasteiger partial charge in [-0.15, -0.1) is 0 Å². The van der Waals surface area contributed by atoms with Crippen LogP contribution in [0.15, 0.2) is 23.2 Å². The topological polar surface area (TPSA) is 89.7 Å². The molecule has 7 nitrogen and oxygen atoms in total. The van der Waals surface area contributed by atoms with Crippen molar-refractivity contribution in [1.82, 2.24) is 4.98 Å². The minimum atomic E-state index is -5.06. The predicted octanol–water partition coefficient (Wildman–Crippen LogP) is 3.51. The molecule has 1 atom stereocenters. The Kier molecular flexibility index (Phi) is 5.16. The molecule has 2 N–H and O–H groups in total. The van der Waals surface area contributed by atoms with E-state index < -0.39 is 76.1 Å². The van der Waals surface area contributed by atoms with Crippen molar-refractivity contribution >= 4 is 15.7 Å². The standard InChI is InChI=1S/C18H19F5N2O5S/c1-28-9-30-15-6-11(19)13(5-12(15)20)25-31(26,27)16-8-24-14-7-17(29-2,18(21,22)23)4-3-10(14)16/h5-6,8,24-25H,3-4,7,9H2,1-2H3/t17-/m0/s1/i2D3. The molecule has 0 unspecified atom stereocenters. The van der Waals surface area contributed by atoms with E-state index in [2.05, 4.69) is 14.5 Å². The maximum Gasteiger partial charge on any atom is 0.417 e. The van der Waals surface area contributed by atoms with Crippen LogP contribution in [0, 0.1) is 11.6 Å². The number of hydrogen-bond acceptors (Lipinski definition) is 5. The van der Waals surface area contributed by atoms with Gasteiger partial charge in [-0.25, -0.2) is 17.2 Å². The summed E-state index contributed by atoms with van der Waals surface area (Å²) in [6, 6.07) is 1.14. The number of methoxy groups -OCH3 is 2. The van der Waals surface area contributed by atoms with E-state index in [1.54, 1.807) is 0 Å². The van der Waals surface area contributed by atoms with Crippen LogP contribution < -0.4 is 9.46 Å². The minimum Gasteiger partial charge on any atom is -0.464 e. The molecule has 0 saturated heterocycles. The Hall–Kier alpha value is -2.38. The maximum atomic E-state index is 14.3. The van der Waals surface area contributed by atoms with Crippen molar-refractivity contribution < 1.29 is 48.7 Å². The predicted molar refractivity (Wildman–Crippen MR) is 98.3 cm³/mol. The van der Waals surface area contributed by atoms with Crippen molar-refractivity contribution in [2.24, 2.45) is 0 Å². The van der Waals surface area contributed by atoms with E-state index >= 15 is 0 Å². The Balaban J connectivity index is 1.91. The van der Waals surface area contributed by atoms with Gasteiger partial charge >= 0.3 is 6.18 Å². The molecule has 0 radical (unpaired) electrons. The van der Waals surface area contributed by atoms with Crippen LogP contribution in [0.1, 0.15) is 21.8 Å². The Labute approximate surface area is 178 Å². The fourth-order valence-electron chi connectivity index (χ4n) is 3.27. The van der Waals surface area contributed by atoms with Crippen molar-refractivity contribution in [2.75, 3.05) is 25.7 Å².